The van der Waals surface area contributed by atoms with Crippen LogP contribution in [-0.4, -0.2) is 53.6 Å². The molecule has 0 bridgehead atoms. The number of fused-ring (bicyclic) bond motifs is 1. The Kier molecular flexibility index (Phi) is 5.13. The van der Waals surface area contributed by atoms with Gasteiger partial charge in [-0.25, -0.2) is 9.97 Å². The third-order valence-electron chi connectivity index (χ3n) is 4.55. The number of halogens is 1. The number of amides is 1. The van der Waals surface area contributed by atoms with Crippen LogP contribution >= 0.6 is 22.9 Å². The smallest absolute Gasteiger partial charge is 0.260 e. The summed E-state index contributed by atoms with van der Waals surface area (Å²) >= 11 is 7.60. The maximum Gasteiger partial charge on any atom is 0.260 e. The first-order valence-electron chi connectivity index (χ1n) is 8.73. The molecule has 0 unspecified atom stereocenters. The predicted octanol–water partition coefficient (Wildman–Crippen LogP) is 3.38. The molecule has 0 saturated carbocycles. The number of piperazine rings is 1. The molecule has 0 atom stereocenters. The Hall–Kier alpha value is -2.38. The fourth-order valence-corrected chi connectivity index (χ4v) is 4.06. The molecule has 0 spiro atoms. The quantitative estimate of drug-likeness (QED) is 0.669. The fourth-order valence-electron chi connectivity index (χ4n) is 2.98. The van der Waals surface area contributed by atoms with Gasteiger partial charge in [0.05, 0.1) is 0 Å². The van der Waals surface area contributed by atoms with Gasteiger partial charge >= 0.3 is 0 Å². The zero-order valence-corrected chi connectivity index (χ0v) is 16.5. The molecule has 1 aliphatic rings. The van der Waals surface area contributed by atoms with E-state index in [0.29, 0.717) is 23.9 Å². The normalized spacial score (nSPS) is 14.6. The lowest BCUT2D eigenvalue weighted by atomic mass is 10.2. The number of anilines is 1. The topological polar surface area (TPSA) is 58.6 Å². The molecule has 4 rings (SSSR count). The van der Waals surface area contributed by atoms with Crippen LogP contribution in [0.4, 0.5) is 5.13 Å². The van der Waals surface area contributed by atoms with Crippen LogP contribution in [0.15, 0.2) is 36.5 Å². The van der Waals surface area contributed by atoms with Crippen molar-refractivity contribution in [1.29, 1.82) is 0 Å². The number of hydrogen-bond acceptors (Lipinski definition) is 6. The molecule has 0 N–H and O–H groups in total. The highest BCUT2D eigenvalue weighted by Crippen LogP contribution is 2.27. The van der Waals surface area contributed by atoms with E-state index in [1.165, 1.54) is 0 Å². The zero-order chi connectivity index (χ0) is 18.8. The summed E-state index contributed by atoms with van der Waals surface area (Å²) in [6.45, 7) is 4.77. The van der Waals surface area contributed by atoms with Crippen molar-refractivity contribution in [2.45, 2.75) is 6.92 Å². The van der Waals surface area contributed by atoms with Crippen molar-refractivity contribution in [3.05, 3.63) is 47.1 Å². The van der Waals surface area contributed by atoms with Crippen molar-refractivity contribution in [3.63, 3.8) is 0 Å². The molecule has 1 aromatic carbocycles. The number of aryl methyl sites for hydroxylation is 1. The van der Waals surface area contributed by atoms with Crippen molar-refractivity contribution in [2.75, 3.05) is 37.7 Å². The van der Waals surface area contributed by atoms with Gasteiger partial charge in [0.1, 0.15) is 16.1 Å². The van der Waals surface area contributed by atoms with E-state index in [9.17, 15) is 4.79 Å². The van der Waals surface area contributed by atoms with Crippen molar-refractivity contribution >= 4 is 44.3 Å². The van der Waals surface area contributed by atoms with Gasteiger partial charge in [-0.15, -0.1) is 0 Å². The molecule has 3 heterocycles. The number of carbonyl (C=O) groups is 1. The fraction of sp³-hybridized carbons (Fsp3) is 0.316. The first kappa shape index (κ1) is 18.0. The van der Waals surface area contributed by atoms with E-state index >= 15 is 0 Å². The molecule has 8 heteroatoms. The highest BCUT2D eigenvalue weighted by Gasteiger charge is 2.23. The molecule has 140 valence electrons. The van der Waals surface area contributed by atoms with Gasteiger partial charge in [-0.2, -0.15) is 0 Å². The number of pyridine rings is 1. The summed E-state index contributed by atoms with van der Waals surface area (Å²) in [7, 11) is 0. The second-order valence-electron chi connectivity index (χ2n) is 6.39. The number of thiazole rings is 1. The first-order valence-corrected chi connectivity index (χ1v) is 9.93. The minimum Gasteiger partial charge on any atom is -0.484 e. The maximum absolute atomic E-state index is 12.4. The largest absolute Gasteiger partial charge is 0.484 e. The van der Waals surface area contributed by atoms with Crippen LogP contribution in [0.25, 0.3) is 10.3 Å². The minimum absolute atomic E-state index is 0.00628. The monoisotopic (exact) mass is 402 g/mol. The zero-order valence-electron chi connectivity index (χ0n) is 14.9. The molecule has 0 radical (unpaired) electrons. The Morgan fingerprint density at radius 1 is 1.26 bits per heavy atom. The van der Waals surface area contributed by atoms with Crippen molar-refractivity contribution in [1.82, 2.24) is 14.9 Å². The van der Waals surface area contributed by atoms with Crippen molar-refractivity contribution in [3.8, 4) is 5.75 Å². The van der Waals surface area contributed by atoms with E-state index in [-0.39, 0.29) is 12.5 Å². The third kappa shape index (κ3) is 3.99. The van der Waals surface area contributed by atoms with Crippen LogP contribution in [0.1, 0.15) is 5.56 Å². The average Bonchev–Trinajstić information content (AvgIpc) is 3.13. The molecule has 0 aliphatic carbocycles. The second kappa shape index (κ2) is 7.70. The van der Waals surface area contributed by atoms with Gasteiger partial charge in [0, 0.05) is 37.4 Å². The number of ether oxygens (including phenoxy) is 1. The Bertz CT molecular complexity index is 936. The van der Waals surface area contributed by atoms with Crippen molar-refractivity contribution in [2.24, 2.45) is 0 Å². The van der Waals surface area contributed by atoms with Crippen LogP contribution in [-0.2, 0) is 4.79 Å². The van der Waals surface area contributed by atoms with Gasteiger partial charge in [0.2, 0.25) is 0 Å². The predicted molar refractivity (Wildman–Crippen MR) is 108 cm³/mol. The highest BCUT2D eigenvalue weighted by atomic mass is 35.5. The summed E-state index contributed by atoms with van der Waals surface area (Å²) < 4.78 is 5.63. The number of carbonyl (C=O) groups excluding carboxylic acids is 1. The summed E-state index contributed by atoms with van der Waals surface area (Å²) in [5.74, 6) is 0.652. The molecular weight excluding hydrogens is 384 g/mol. The standard InChI is InChI=1S/C19H19ClN4O2S/c1-13-11-14(4-5-15(13)20)26-12-17(25)23-7-9-24(10-8-23)19-22-16-3-2-6-21-18(16)27-19/h2-6,11H,7-10,12H2,1H3. The Morgan fingerprint density at radius 3 is 2.81 bits per heavy atom. The molecule has 27 heavy (non-hydrogen) atoms. The number of aromatic nitrogens is 2. The lowest BCUT2D eigenvalue weighted by Gasteiger charge is -2.34. The molecule has 2 aromatic heterocycles. The number of hydrogen-bond donors (Lipinski definition) is 0. The van der Waals surface area contributed by atoms with Gasteiger partial charge < -0.3 is 14.5 Å². The molecule has 1 fully saturated rings. The van der Waals surface area contributed by atoms with Gasteiger partial charge in [0.25, 0.3) is 5.91 Å². The van der Waals surface area contributed by atoms with Gasteiger partial charge in [-0.3, -0.25) is 4.79 Å². The van der Waals surface area contributed by atoms with E-state index < -0.39 is 0 Å². The molecular formula is C19H19ClN4O2S. The van der Waals surface area contributed by atoms with Crippen LogP contribution in [0.3, 0.4) is 0 Å². The second-order valence-corrected chi connectivity index (χ2v) is 7.75. The summed E-state index contributed by atoms with van der Waals surface area (Å²) in [5.41, 5.74) is 1.85. The lowest BCUT2D eigenvalue weighted by molar-refractivity contribution is -0.133. The summed E-state index contributed by atoms with van der Waals surface area (Å²) in [6, 6.07) is 9.27. The van der Waals surface area contributed by atoms with Gasteiger partial charge in [-0.1, -0.05) is 22.9 Å². The van der Waals surface area contributed by atoms with Crippen LogP contribution < -0.4 is 9.64 Å². The van der Waals surface area contributed by atoms with E-state index in [0.717, 1.165) is 34.1 Å². The molecule has 1 aliphatic heterocycles. The summed E-state index contributed by atoms with van der Waals surface area (Å²) in [5, 5.41) is 1.65. The Balaban J connectivity index is 1.31. The van der Waals surface area contributed by atoms with E-state index in [1.807, 2.05) is 30.0 Å². The average molecular weight is 403 g/mol. The third-order valence-corrected chi connectivity index (χ3v) is 6.01. The molecule has 1 saturated heterocycles. The number of rotatable bonds is 4. The Morgan fingerprint density at radius 2 is 2.07 bits per heavy atom. The summed E-state index contributed by atoms with van der Waals surface area (Å²) in [4.78, 5) is 26.4. The van der Waals surface area contributed by atoms with Crippen LogP contribution in [0, 0.1) is 6.92 Å². The molecule has 1 amide bonds. The van der Waals surface area contributed by atoms with E-state index in [1.54, 1.807) is 29.7 Å². The van der Waals surface area contributed by atoms with Crippen LogP contribution in [0.5, 0.6) is 5.75 Å². The minimum atomic E-state index is -0.00628. The first-order chi connectivity index (χ1) is 13.1. The van der Waals surface area contributed by atoms with Crippen molar-refractivity contribution < 1.29 is 9.53 Å². The molecule has 3 aromatic rings. The number of nitrogens with zero attached hydrogens (tertiary/aromatic N) is 4. The van der Waals surface area contributed by atoms with Gasteiger partial charge in [-0.05, 0) is 42.8 Å². The Labute approximate surface area is 166 Å². The van der Waals surface area contributed by atoms with Gasteiger partial charge in [0.15, 0.2) is 11.7 Å². The van der Waals surface area contributed by atoms with Crippen LogP contribution in [0.2, 0.25) is 5.02 Å². The van der Waals surface area contributed by atoms with E-state index in [2.05, 4.69) is 14.9 Å². The maximum atomic E-state index is 12.4. The summed E-state index contributed by atoms with van der Waals surface area (Å²) in [6.07, 6.45) is 1.78. The molecule has 6 nitrogen and oxygen atoms in total. The lowest BCUT2D eigenvalue weighted by Crippen LogP contribution is -2.50. The number of benzene rings is 1. The highest BCUT2D eigenvalue weighted by molar-refractivity contribution is 7.21. The van der Waals surface area contributed by atoms with E-state index in [4.69, 9.17) is 16.3 Å². The SMILES string of the molecule is Cc1cc(OCC(=O)N2CCN(c3nc4cccnc4s3)CC2)ccc1Cl.